The summed E-state index contributed by atoms with van der Waals surface area (Å²) in [7, 11) is 0. The van der Waals surface area contributed by atoms with Crippen molar-refractivity contribution in [2.75, 3.05) is 0 Å². The molecule has 0 radical (unpaired) electrons. The molecule has 0 aromatic carbocycles. The SMILES string of the molecule is NNC(CC1CCCCC1)C1CC2CCC1O2. The van der Waals surface area contributed by atoms with Crippen LogP contribution >= 0.6 is 0 Å². The van der Waals surface area contributed by atoms with Gasteiger partial charge in [-0.05, 0) is 31.6 Å². The second-order valence-corrected chi connectivity index (χ2v) is 6.29. The molecule has 3 fully saturated rings. The van der Waals surface area contributed by atoms with Crippen LogP contribution in [0.1, 0.15) is 57.8 Å². The van der Waals surface area contributed by atoms with E-state index in [1.807, 2.05) is 0 Å². The van der Waals surface area contributed by atoms with Gasteiger partial charge < -0.3 is 4.74 Å². The molecule has 0 aromatic heterocycles. The minimum atomic E-state index is 0.494. The maximum Gasteiger partial charge on any atom is 0.0624 e. The van der Waals surface area contributed by atoms with E-state index in [1.54, 1.807) is 0 Å². The first-order valence-electron chi connectivity index (χ1n) is 7.48. The van der Waals surface area contributed by atoms with E-state index >= 15 is 0 Å². The van der Waals surface area contributed by atoms with Crippen LogP contribution in [0.4, 0.5) is 0 Å². The third kappa shape index (κ3) is 2.51. The highest BCUT2D eigenvalue weighted by Crippen LogP contribution is 2.42. The number of fused-ring (bicyclic) bond motifs is 2. The first kappa shape index (κ1) is 11.9. The van der Waals surface area contributed by atoms with E-state index in [0.717, 1.165) is 5.92 Å². The molecule has 3 aliphatic rings. The fourth-order valence-electron chi connectivity index (χ4n) is 4.25. The van der Waals surface area contributed by atoms with Crippen LogP contribution in [0.2, 0.25) is 0 Å². The molecule has 98 valence electrons. The highest BCUT2D eigenvalue weighted by molar-refractivity contribution is 4.95. The van der Waals surface area contributed by atoms with Crippen molar-refractivity contribution < 1.29 is 4.74 Å². The molecule has 1 aliphatic carbocycles. The third-order valence-corrected chi connectivity index (χ3v) is 5.20. The molecule has 3 heteroatoms. The van der Waals surface area contributed by atoms with E-state index in [9.17, 15) is 0 Å². The van der Waals surface area contributed by atoms with Crippen LogP contribution in [0.5, 0.6) is 0 Å². The molecule has 3 rings (SSSR count). The highest BCUT2D eigenvalue weighted by atomic mass is 16.5. The molecular weight excluding hydrogens is 212 g/mol. The lowest BCUT2D eigenvalue weighted by atomic mass is 9.77. The molecule has 0 amide bonds. The van der Waals surface area contributed by atoms with Crippen molar-refractivity contribution in [2.24, 2.45) is 17.7 Å². The van der Waals surface area contributed by atoms with Gasteiger partial charge in [0.1, 0.15) is 0 Å². The molecule has 3 nitrogen and oxygen atoms in total. The summed E-state index contributed by atoms with van der Waals surface area (Å²) >= 11 is 0. The monoisotopic (exact) mass is 238 g/mol. The Labute approximate surface area is 104 Å². The fraction of sp³-hybridized carbons (Fsp3) is 1.00. The van der Waals surface area contributed by atoms with Gasteiger partial charge in [0.25, 0.3) is 0 Å². The predicted octanol–water partition coefficient (Wildman–Crippen LogP) is 2.36. The first-order valence-corrected chi connectivity index (χ1v) is 7.48. The molecule has 2 bridgehead atoms. The van der Waals surface area contributed by atoms with Gasteiger partial charge in [0, 0.05) is 12.0 Å². The number of hydrogen-bond acceptors (Lipinski definition) is 3. The maximum absolute atomic E-state index is 5.96. The van der Waals surface area contributed by atoms with Gasteiger partial charge in [-0.3, -0.25) is 11.3 Å². The van der Waals surface area contributed by atoms with Crippen molar-refractivity contribution in [3.63, 3.8) is 0 Å². The Morgan fingerprint density at radius 3 is 2.53 bits per heavy atom. The van der Waals surface area contributed by atoms with Gasteiger partial charge in [-0.2, -0.15) is 0 Å². The number of rotatable bonds is 4. The minimum absolute atomic E-state index is 0.494. The molecule has 4 atom stereocenters. The number of nitrogens with one attached hydrogen (secondary N) is 1. The van der Waals surface area contributed by atoms with Crippen molar-refractivity contribution in [3.05, 3.63) is 0 Å². The van der Waals surface area contributed by atoms with E-state index < -0.39 is 0 Å². The molecular formula is C14H26N2O. The van der Waals surface area contributed by atoms with E-state index in [4.69, 9.17) is 10.6 Å². The van der Waals surface area contributed by atoms with Gasteiger partial charge >= 0.3 is 0 Å². The molecule has 1 saturated carbocycles. The van der Waals surface area contributed by atoms with Crippen LogP contribution in [0, 0.1) is 11.8 Å². The fourth-order valence-corrected chi connectivity index (χ4v) is 4.25. The molecule has 0 spiro atoms. The normalized spacial score (nSPS) is 39.7. The van der Waals surface area contributed by atoms with Crippen molar-refractivity contribution in [2.45, 2.75) is 76.0 Å². The topological polar surface area (TPSA) is 47.3 Å². The Balaban J connectivity index is 1.55. The number of ether oxygens (including phenoxy) is 1. The van der Waals surface area contributed by atoms with Crippen molar-refractivity contribution in [3.8, 4) is 0 Å². The van der Waals surface area contributed by atoms with Gasteiger partial charge in [-0.15, -0.1) is 0 Å². The smallest absolute Gasteiger partial charge is 0.0624 e. The molecule has 0 aromatic rings. The van der Waals surface area contributed by atoms with Gasteiger partial charge in [0.2, 0.25) is 0 Å². The molecule has 2 aliphatic heterocycles. The Bertz CT molecular complexity index is 253. The molecule has 17 heavy (non-hydrogen) atoms. The molecule has 2 saturated heterocycles. The minimum Gasteiger partial charge on any atom is -0.375 e. The zero-order valence-electron chi connectivity index (χ0n) is 10.7. The van der Waals surface area contributed by atoms with Gasteiger partial charge in [0.05, 0.1) is 12.2 Å². The second kappa shape index (κ2) is 5.25. The Morgan fingerprint density at radius 2 is 1.94 bits per heavy atom. The van der Waals surface area contributed by atoms with E-state index in [1.165, 1.54) is 57.8 Å². The lowest BCUT2D eigenvalue weighted by molar-refractivity contribution is 0.0823. The average molecular weight is 238 g/mol. The van der Waals surface area contributed by atoms with Gasteiger partial charge in [-0.1, -0.05) is 32.1 Å². The summed E-state index contributed by atoms with van der Waals surface area (Å²) < 4.78 is 5.96. The summed E-state index contributed by atoms with van der Waals surface area (Å²) in [6.45, 7) is 0. The summed E-state index contributed by atoms with van der Waals surface area (Å²) in [6, 6.07) is 0.494. The predicted molar refractivity (Wildman–Crippen MR) is 68.3 cm³/mol. The lowest BCUT2D eigenvalue weighted by Crippen LogP contribution is -2.45. The number of nitrogens with two attached hydrogens (primary N) is 1. The zero-order chi connectivity index (χ0) is 11.7. The summed E-state index contributed by atoms with van der Waals surface area (Å²) in [6.07, 6.45) is 13.2. The highest BCUT2D eigenvalue weighted by Gasteiger charge is 2.44. The molecule has 4 unspecified atom stereocenters. The summed E-state index contributed by atoms with van der Waals surface area (Å²) in [5.74, 6) is 7.38. The zero-order valence-corrected chi connectivity index (χ0v) is 10.7. The molecule has 2 heterocycles. The maximum atomic E-state index is 5.96. The van der Waals surface area contributed by atoms with Crippen LogP contribution in [-0.2, 0) is 4.74 Å². The average Bonchev–Trinajstić information content (AvgIpc) is 2.99. The van der Waals surface area contributed by atoms with Crippen LogP contribution < -0.4 is 11.3 Å². The van der Waals surface area contributed by atoms with Crippen molar-refractivity contribution >= 4 is 0 Å². The first-order chi connectivity index (χ1) is 8.36. The largest absolute Gasteiger partial charge is 0.375 e. The lowest BCUT2D eigenvalue weighted by Gasteiger charge is -2.32. The second-order valence-electron chi connectivity index (χ2n) is 6.29. The van der Waals surface area contributed by atoms with Crippen LogP contribution in [0.15, 0.2) is 0 Å². The Kier molecular flexibility index (Phi) is 3.69. The summed E-state index contributed by atoms with van der Waals surface area (Å²) in [4.78, 5) is 0. The number of hydrogen-bond donors (Lipinski definition) is 2. The Morgan fingerprint density at radius 1 is 1.12 bits per heavy atom. The Hall–Kier alpha value is -0.120. The summed E-state index contributed by atoms with van der Waals surface area (Å²) in [5.41, 5.74) is 3.10. The van der Waals surface area contributed by atoms with E-state index in [0.29, 0.717) is 24.2 Å². The number of hydrazine groups is 1. The van der Waals surface area contributed by atoms with Gasteiger partial charge in [-0.25, -0.2) is 0 Å². The van der Waals surface area contributed by atoms with E-state index in [2.05, 4.69) is 5.43 Å². The van der Waals surface area contributed by atoms with Gasteiger partial charge in [0.15, 0.2) is 0 Å². The van der Waals surface area contributed by atoms with Crippen molar-refractivity contribution in [1.82, 2.24) is 5.43 Å². The third-order valence-electron chi connectivity index (χ3n) is 5.20. The summed E-state index contributed by atoms with van der Waals surface area (Å²) in [5, 5.41) is 0. The quantitative estimate of drug-likeness (QED) is 0.584. The van der Waals surface area contributed by atoms with Crippen LogP contribution in [-0.4, -0.2) is 18.2 Å². The van der Waals surface area contributed by atoms with Crippen LogP contribution in [0.25, 0.3) is 0 Å². The van der Waals surface area contributed by atoms with E-state index in [-0.39, 0.29) is 0 Å². The van der Waals surface area contributed by atoms with Crippen LogP contribution in [0.3, 0.4) is 0 Å². The standard InChI is InChI=1S/C14H26N2O/c15-16-13(8-10-4-2-1-3-5-10)12-9-11-6-7-14(12)17-11/h10-14,16H,1-9,15H2. The van der Waals surface area contributed by atoms with Crippen molar-refractivity contribution in [1.29, 1.82) is 0 Å². The molecule has 3 N–H and O–H groups in total.